The fourth-order valence-electron chi connectivity index (χ4n) is 9.07. The van der Waals surface area contributed by atoms with Crippen LogP contribution in [-0.2, 0) is 14.3 Å². The van der Waals surface area contributed by atoms with E-state index in [1.807, 2.05) is 6.92 Å². The molecule has 0 heterocycles. The quantitative estimate of drug-likeness (QED) is 0.104. The van der Waals surface area contributed by atoms with Gasteiger partial charge < -0.3 is 20.1 Å². The molecule has 2 bridgehead atoms. The lowest BCUT2D eigenvalue weighted by molar-refractivity contribution is -0.203. The molecule has 0 aliphatic heterocycles. The molecule has 4 rings (SSSR count). The number of carbonyl (C=O) groups is 2. The predicted octanol–water partition coefficient (Wildman–Crippen LogP) is 6.85. The van der Waals surface area contributed by atoms with Gasteiger partial charge in [-0.15, -0.1) is 0 Å². The summed E-state index contributed by atoms with van der Waals surface area (Å²) in [4.78, 5) is 27.5. The summed E-state index contributed by atoms with van der Waals surface area (Å²) in [6, 6.07) is 0. The Hall–Kier alpha value is -1.50. The number of hydrogen-bond acceptors (Lipinski definition) is 6. The van der Waals surface area contributed by atoms with E-state index >= 15 is 0 Å². The van der Waals surface area contributed by atoms with E-state index in [1.165, 1.54) is 64.2 Å². The lowest BCUT2D eigenvalue weighted by Crippen LogP contribution is -2.65. The van der Waals surface area contributed by atoms with E-state index in [2.05, 4.69) is 20.8 Å². The van der Waals surface area contributed by atoms with Gasteiger partial charge >= 0.3 is 5.97 Å². The van der Waals surface area contributed by atoms with Crippen LogP contribution in [0.15, 0.2) is 23.3 Å². The first-order valence-corrected chi connectivity index (χ1v) is 17.1. The van der Waals surface area contributed by atoms with Gasteiger partial charge in [0.2, 0.25) is 0 Å². The van der Waals surface area contributed by atoms with Crippen LogP contribution in [0.5, 0.6) is 0 Å². The van der Waals surface area contributed by atoms with Crippen molar-refractivity contribution in [1.82, 2.24) is 0 Å². The lowest BCUT2D eigenvalue weighted by Gasteiger charge is -2.48. The first-order valence-electron chi connectivity index (χ1n) is 17.1. The molecule has 0 radical (unpaired) electrons. The van der Waals surface area contributed by atoms with Crippen LogP contribution in [0.1, 0.15) is 131 Å². The van der Waals surface area contributed by atoms with E-state index in [0.717, 1.165) is 25.7 Å². The third-order valence-corrected chi connectivity index (χ3v) is 11.6. The molecule has 2 fully saturated rings. The second-order valence-corrected chi connectivity index (χ2v) is 14.7. The Morgan fingerprint density at radius 3 is 2.07 bits per heavy atom. The zero-order valence-corrected chi connectivity index (χ0v) is 27.0. The molecule has 4 aliphatic rings. The molecule has 8 atom stereocenters. The Bertz CT molecular complexity index is 1030. The topological polar surface area (TPSA) is 104 Å². The Morgan fingerprint density at radius 2 is 1.52 bits per heavy atom. The summed E-state index contributed by atoms with van der Waals surface area (Å²) in [5, 5.41) is 34.3. The molecule has 0 saturated heterocycles. The van der Waals surface area contributed by atoms with Crippen molar-refractivity contribution in [3.63, 3.8) is 0 Å². The minimum atomic E-state index is -2.05. The van der Waals surface area contributed by atoms with Crippen LogP contribution in [0, 0.1) is 34.5 Å². The van der Waals surface area contributed by atoms with Gasteiger partial charge in [0.25, 0.3) is 0 Å². The average Bonchev–Trinajstić information content (AvgIpc) is 3.44. The highest BCUT2D eigenvalue weighted by Crippen LogP contribution is 2.71. The maximum Gasteiger partial charge on any atom is 0.306 e. The van der Waals surface area contributed by atoms with Gasteiger partial charge in [0.05, 0.1) is 12.0 Å². The number of fused-ring (bicyclic) bond motifs is 3. The van der Waals surface area contributed by atoms with Crippen LogP contribution in [0.2, 0.25) is 0 Å². The van der Waals surface area contributed by atoms with E-state index in [0.29, 0.717) is 11.5 Å². The number of aliphatic hydroxyl groups excluding tert-OH is 2. The number of aliphatic hydroxyl groups is 3. The summed E-state index contributed by atoms with van der Waals surface area (Å²) in [5.74, 6) is -0.856. The predicted molar refractivity (Wildman–Crippen MR) is 166 cm³/mol. The van der Waals surface area contributed by atoms with Crippen LogP contribution in [0.3, 0.4) is 0 Å². The molecule has 2 saturated carbocycles. The van der Waals surface area contributed by atoms with Crippen molar-refractivity contribution >= 4 is 11.8 Å². The number of ketones is 1. The second kappa shape index (κ2) is 13.6. The van der Waals surface area contributed by atoms with Crippen molar-refractivity contribution < 1.29 is 29.6 Å². The SMILES string of the molecule is CCCCCCCCCCCCCCCC(=O)O[C@H]1C(C)=C[C@]23C(=O)[C@H](C=C(CO)[C@@H](O)[C@]12O)[C@H]1[C@@H](C[C@H]3C)C1(C)C. The first kappa shape index (κ1) is 33.4. The number of carbonyl (C=O) groups excluding carboxylic acids is 2. The molecule has 42 heavy (non-hydrogen) atoms. The molecule has 6 heteroatoms. The highest BCUT2D eigenvalue weighted by atomic mass is 16.6. The van der Waals surface area contributed by atoms with Gasteiger partial charge in [0.1, 0.15) is 6.10 Å². The Labute approximate surface area is 254 Å². The molecule has 0 unspecified atom stereocenters. The molecule has 238 valence electrons. The van der Waals surface area contributed by atoms with E-state index in [9.17, 15) is 24.9 Å². The van der Waals surface area contributed by atoms with Gasteiger partial charge in [-0.3, -0.25) is 9.59 Å². The monoisotopic (exact) mass is 586 g/mol. The average molecular weight is 587 g/mol. The maximum atomic E-state index is 14.4. The minimum Gasteiger partial charge on any atom is -0.455 e. The molecule has 3 N–H and O–H groups in total. The summed E-state index contributed by atoms with van der Waals surface area (Å²) in [5.41, 5.74) is -2.60. The molecular weight excluding hydrogens is 528 g/mol. The van der Waals surface area contributed by atoms with Crippen LogP contribution in [0.4, 0.5) is 0 Å². The maximum absolute atomic E-state index is 14.4. The molecule has 0 aromatic rings. The van der Waals surface area contributed by atoms with Crippen LogP contribution in [-0.4, -0.2) is 51.5 Å². The highest BCUT2D eigenvalue weighted by Gasteiger charge is 2.76. The molecule has 1 spiro atoms. The van der Waals surface area contributed by atoms with Gasteiger partial charge in [-0.25, -0.2) is 0 Å². The van der Waals surface area contributed by atoms with Crippen molar-refractivity contribution in [1.29, 1.82) is 0 Å². The van der Waals surface area contributed by atoms with Gasteiger partial charge in [-0.1, -0.05) is 117 Å². The summed E-state index contributed by atoms with van der Waals surface area (Å²) in [6.45, 7) is 9.91. The normalized spacial score (nSPS) is 36.3. The molecule has 0 amide bonds. The Morgan fingerprint density at radius 1 is 0.976 bits per heavy atom. The number of allylic oxidation sites excluding steroid dienone is 1. The number of Topliss-reactive ketones (excluding diaryl/α,β-unsaturated/α-hetero) is 1. The summed E-state index contributed by atoms with van der Waals surface area (Å²) >= 11 is 0. The van der Waals surface area contributed by atoms with E-state index < -0.39 is 41.7 Å². The fraction of sp³-hybridized carbons (Fsp3) is 0.833. The van der Waals surface area contributed by atoms with Crippen molar-refractivity contribution in [2.24, 2.45) is 34.5 Å². The zero-order chi connectivity index (χ0) is 30.7. The standard InChI is InChI=1S/C36H58O6/c1-6-7-8-9-10-11-12-13-14-15-16-17-18-19-29(38)42-33-24(2)22-35-25(3)20-28-30(34(28,4)5)27(32(35)40)21-26(23-37)31(39)36(33,35)41/h21-22,25,27-28,30-31,33,37,39,41H,6-20,23H2,1-5H3/t25-,27-,28-,30+,31-,33+,35+,36+/m1/s1. The smallest absolute Gasteiger partial charge is 0.306 e. The summed E-state index contributed by atoms with van der Waals surface area (Å²) in [7, 11) is 0. The van der Waals surface area contributed by atoms with Crippen LogP contribution < -0.4 is 0 Å². The number of rotatable bonds is 16. The first-order chi connectivity index (χ1) is 20.0. The zero-order valence-electron chi connectivity index (χ0n) is 27.0. The molecule has 0 aromatic carbocycles. The van der Waals surface area contributed by atoms with Crippen LogP contribution in [0.25, 0.3) is 0 Å². The van der Waals surface area contributed by atoms with Gasteiger partial charge in [0, 0.05) is 12.3 Å². The number of unbranched alkanes of at least 4 members (excludes halogenated alkanes) is 12. The molecular formula is C36H58O6. The van der Waals surface area contributed by atoms with Crippen molar-refractivity contribution in [3.8, 4) is 0 Å². The lowest BCUT2D eigenvalue weighted by atomic mass is 9.59. The van der Waals surface area contributed by atoms with Crippen LogP contribution >= 0.6 is 0 Å². The van der Waals surface area contributed by atoms with Gasteiger partial charge in [0.15, 0.2) is 17.5 Å². The Kier molecular flexibility index (Phi) is 10.9. The molecule has 4 aliphatic carbocycles. The van der Waals surface area contributed by atoms with Gasteiger partial charge in [-0.2, -0.15) is 0 Å². The summed E-state index contributed by atoms with van der Waals surface area (Å²) < 4.78 is 5.95. The fourth-order valence-corrected chi connectivity index (χ4v) is 9.07. The third-order valence-electron chi connectivity index (χ3n) is 11.6. The Balaban J connectivity index is 1.32. The highest BCUT2D eigenvalue weighted by molar-refractivity contribution is 5.95. The van der Waals surface area contributed by atoms with Crippen molar-refractivity contribution in [3.05, 3.63) is 23.3 Å². The molecule has 6 nitrogen and oxygen atoms in total. The largest absolute Gasteiger partial charge is 0.455 e. The molecule has 0 aromatic heterocycles. The van der Waals surface area contributed by atoms with Gasteiger partial charge in [-0.05, 0) is 54.1 Å². The van der Waals surface area contributed by atoms with Crippen molar-refractivity contribution in [2.45, 2.75) is 149 Å². The summed E-state index contributed by atoms with van der Waals surface area (Å²) in [6.07, 6.45) is 17.7. The number of ether oxygens (including phenoxy) is 1. The second-order valence-electron chi connectivity index (χ2n) is 14.7. The van der Waals surface area contributed by atoms with Crippen molar-refractivity contribution in [2.75, 3.05) is 6.61 Å². The number of hydrogen-bond donors (Lipinski definition) is 3. The number of esters is 1. The third kappa shape index (κ3) is 5.94. The minimum absolute atomic E-state index is 0.0161. The van der Waals surface area contributed by atoms with E-state index in [1.54, 1.807) is 19.1 Å². The van der Waals surface area contributed by atoms with E-state index in [4.69, 9.17) is 4.74 Å². The van der Waals surface area contributed by atoms with E-state index in [-0.39, 0.29) is 35.0 Å².